The van der Waals surface area contributed by atoms with Crippen LogP contribution in [0.25, 0.3) is 33.5 Å². The number of primary amides is 1. The van der Waals surface area contributed by atoms with Crippen LogP contribution in [0.2, 0.25) is 0 Å². The van der Waals surface area contributed by atoms with Crippen LogP contribution >= 0.6 is 11.3 Å². The van der Waals surface area contributed by atoms with Crippen molar-refractivity contribution in [3.8, 4) is 22.6 Å². The largest absolute Gasteiger partial charge is 0.460 e. The number of hydrogen-bond acceptors (Lipinski definition) is 5. The van der Waals surface area contributed by atoms with Gasteiger partial charge in [-0.05, 0) is 55.8 Å². The number of carbonyl (C=O) groups is 2. The molecule has 2 aromatic carbocycles. The van der Waals surface area contributed by atoms with Gasteiger partial charge < -0.3 is 15.5 Å². The van der Waals surface area contributed by atoms with Gasteiger partial charge in [0.25, 0.3) is 11.8 Å². The Kier molecular flexibility index (Phi) is 5.66. The number of nitrogens with zero attached hydrogens (tertiary/aromatic N) is 1. The Morgan fingerprint density at radius 1 is 1.03 bits per heavy atom. The van der Waals surface area contributed by atoms with Gasteiger partial charge in [0, 0.05) is 15.8 Å². The molecule has 174 valence electrons. The first-order valence-electron chi connectivity index (χ1n) is 10.8. The number of nitrogens with two attached hydrogens (primary N) is 1. The van der Waals surface area contributed by atoms with Crippen molar-refractivity contribution in [2.24, 2.45) is 5.73 Å². The molecule has 3 heterocycles. The molecule has 0 unspecified atom stereocenters. The van der Waals surface area contributed by atoms with E-state index in [0.29, 0.717) is 44.0 Å². The number of pyridine rings is 1. The first-order valence-corrected chi connectivity index (χ1v) is 11.6. The molecule has 5 aromatic rings. The molecule has 0 saturated carbocycles. The highest BCUT2D eigenvalue weighted by molar-refractivity contribution is 7.17. The van der Waals surface area contributed by atoms with Crippen LogP contribution in [0, 0.1) is 19.7 Å². The van der Waals surface area contributed by atoms with Crippen LogP contribution in [0.15, 0.2) is 71.1 Å². The Balaban J connectivity index is 1.60. The molecule has 35 heavy (non-hydrogen) atoms. The van der Waals surface area contributed by atoms with E-state index in [-0.39, 0.29) is 11.4 Å². The fourth-order valence-corrected chi connectivity index (χ4v) is 5.14. The minimum Gasteiger partial charge on any atom is -0.460 e. The van der Waals surface area contributed by atoms with Gasteiger partial charge in [-0.25, -0.2) is 9.37 Å². The molecule has 8 heteroatoms. The molecule has 0 spiro atoms. The monoisotopic (exact) mass is 485 g/mol. The van der Waals surface area contributed by atoms with E-state index in [9.17, 15) is 14.0 Å². The topological polar surface area (TPSA) is 98.2 Å². The molecule has 0 aliphatic rings. The molecule has 0 aliphatic heterocycles. The second-order valence-electron chi connectivity index (χ2n) is 8.05. The molecule has 0 aliphatic carbocycles. The standard InChI is InChI=1S/C27H20FN3O3S/c1-14-7-12-22(34-14)21-13-19(18-5-3-4-6-20(18)30-21)26(33)31-27-24(25(29)32)23(15(2)35-27)16-8-10-17(28)11-9-16/h3-13H,1-2H3,(H2,29,32)(H,31,33). The van der Waals surface area contributed by atoms with Crippen molar-refractivity contribution < 1.29 is 18.4 Å². The molecule has 0 fully saturated rings. The summed E-state index contributed by atoms with van der Waals surface area (Å²) >= 11 is 1.24. The van der Waals surface area contributed by atoms with Gasteiger partial charge in [0.2, 0.25) is 0 Å². The van der Waals surface area contributed by atoms with Crippen LogP contribution < -0.4 is 11.1 Å². The Labute approximate surface area is 204 Å². The summed E-state index contributed by atoms with van der Waals surface area (Å²) in [5, 5.41) is 3.86. The van der Waals surface area contributed by atoms with Crippen LogP contribution in [0.4, 0.5) is 9.39 Å². The summed E-state index contributed by atoms with van der Waals surface area (Å²) in [7, 11) is 0. The maximum absolute atomic E-state index is 13.5. The predicted molar refractivity (Wildman–Crippen MR) is 135 cm³/mol. The fourth-order valence-electron chi connectivity index (χ4n) is 4.06. The van der Waals surface area contributed by atoms with Crippen LogP contribution in [-0.4, -0.2) is 16.8 Å². The van der Waals surface area contributed by atoms with Gasteiger partial charge >= 0.3 is 0 Å². The third-order valence-electron chi connectivity index (χ3n) is 5.64. The normalized spacial score (nSPS) is 11.1. The maximum atomic E-state index is 13.5. The van der Waals surface area contributed by atoms with Crippen molar-refractivity contribution in [3.05, 3.63) is 94.3 Å². The number of amides is 2. The second kappa shape index (κ2) is 8.81. The van der Waals surface area contributed by atoms with Crippen molar-refractivity contribution in [3.63, 3.8) is 0 Å². The average molecular weight is 486 g/mol. The number of para-hydroxylation sites is 1. The zero-order valence-electron chi connectivity index (χ0n) is 18.9. The lowest BCUT2D eigenvalue weighted by molar-refractivity contribution is 0.100. The zero-order chi connectivity index (χ0) is 24.7. The van der Waals surface area contributed by atoms with Crippen LogP contribution in [-0.2, 0) is 0 Å². The second-order valence-corrected chi connectivity index (χ2v) is 9.27. The number of aryl methyl sites for hydroxylation is 2. The van der Waals surface area contributed by atoms with E-state index in [4.69, 9.17) is 10.2 Å². The Morgan fingerprint density at radius 3 is 2.46 bits per heavy atom. The number of rotatable bonds is 5. The van der Waals surface area contributed by atoms with Crippen molar-refractivity contribution in [2.45, 2.75) is 13.8 Å². The zero-order valence-corrected chi connectivity index (χ0v) is 19.7. The fraction of sp³-hybridized carbons (Fsp3) is 0.0741. The maximum Gasteiger partial charge on any atom is 0.257 e. The van der Waals surface area contributed by atoms with E-state index in [2.05, 4.69) is 10.3 Å². The van der Waals surface area contributed by atoms with Crippen LogP contribution in [0.1, 0.15) is 31.4 Å². The van der Waals surface area contributed by atoms with Gasteiger partial charge in [-0.15, -0.1) is 11.3 Å². The van der Waals surface area contributed by atoms with Gasteiger partial charge in [-0.2, -0.15) is 0 Å². The highest BCUT2D eigenvalue weighted by atomic mass is 32.1. The molecular formula is C27H20FN3O3S. The van der Waals surface area contributed by atoms with Crippen molar-refractivity contribution >= 4 is 39.1 Å². The van der Waals surface area contributed by atoms with Crippen molar-refractivity contribution in [1.29, 1.82) is 0 Å². The van der Waals surface area contributed by atoms with E-state index in [1.807, 2.05) is 44.2 Å². The van der Waals surface area contributed by atoms with Crippen molar-refractivity contribution in [2.75, 3.05) is 5.32 Å². The molecular weight excluding hydrogens is 465 g/mol. The van der Waals surface area contributed by atoms with E-state index in [1.165, 1.54) is 23.5 Å². The van der Waals surface area contributed by atoms with Gasteiger partial charge in [0.15, 0.2) is 5.76 Å². The summed E-state index contributed by atoms with van der Waals surface area (Å²) in [6.45, 7) is 3.66. The average Bonchev–Trinajstić information content (AvgIpc) is 3.41. The molecule has 0 bridgehead atoms. The van der Waals surface area contributed by atoms with Gasteiger partial charge in [-0.3, -0.25) is 9.59 Å². The molecule has 0 radical (unpaired) electrons. The smallest absolute Gasteiger partial charge is 0.257 e. The third kappa shape index (κ3) is 4.20. The first-order chi connectivity index (χ1) is 16.8. The van der Waals surface area contributed by atoms with E-state index in [1.54, 1.807) is 24.3 Å². The molecule has 0 saturated heterocycles. The van der Waals surface area contributed by atoms with E-state index < -0.39 is 11.8 Å². The number of furan rings is 1. The highest BCUT2D eigenvalue weighted by Crippen LogP contribution is 2.40. The third-order valence-corrected chi connectivity index (χ3v) is 6.66. The summed E-state index contributed by atoms with van der Waals surface area (Å²) in [5.74, 6) is -0.208. The van der Waals surface area contributed by atoms with Crippen molar-refractivity contribution in [1.82, 2.24) is 4.98 Å². The number of anilines is 1. The van der Waals surface area contributed by atoms with E-state index in [0.717, 1.165) is 10.6 Å². The van der Waals surface area contributed by atoms with Gasteiger partial charge in [-0.1, -0.05) is 30.3 Å². The minimum absolute atomic E-state index is 0.188. The molecule has 5 rings (SSSR count). The summed E-state index contributed by atoms with van der Waals surface area (Å²) in [6.07, 6.45) is 0. The number of halogens is 1. The van der Waals surface area contributed by atoms with E-state index >= 15 is 0 Å². The minimum atomic E-state index is -0.685. The Morgan fingerprint density at radius 2 is 1.77 bits per heavy atom. The summed E-state index contributed by atoms with van der Waals surface area (Å²) in [5.41, 5.74) is 8.65. The SMILES string of the molecule is Cc1ccc(-c2cc(C(=O)Nc3sc(C)c(-c4ccc(F)cc4)c3C(N)=O)c3ccccc3n2)o1. The quantitative estimate of drug-likeness (QED) is 0.304. The molecule has 0 atom stereocenters. The molecule has 6 nitrogen and oxygen atoms in total. The number of aromatic nitrogens is 1. The molecule has 3 N–H and O–H groups in total. The number of hydrogen-bond donors (Lipinski definition) is 2. The molecule has 3 aromatic heterocycles. The lowest BCUT2D eigenvalue weighted by Gasteiger charge is -2.10. The highest BCUT2D eigenvalue weighted by Gasteiger charge is 2.24. The Hall–Kier alpha value is -4.30. The van der Waals surface area contributed by atoms with Gasteiger partial charge in [0.05, 0.1) is 16.6 Å². The van der Waals surface area contributed by atoms with Gasteiger partial charge in [0.1, 0.15) is 22.3 Å². The number of nitrogens with one attached hydrogen (secondary N) is 1. The Bertz CT molecular complexity index is 1600. The number of fused-ring (bicyclic) bond motifs is 1. The lowest BCUT2D eigenvalue weighted by atomic mass is 10.0. The predicted octanol–water partition coefficient (Wildman–Crippen LogP) is 6.33. The van der Waals surface area contributed by atoms with Crippen LogP contribution in [0.5, 0.6) is 0 Å². The number of carbonyl (C=O) groups excluding carboxylic acids is 2. The molecule has 2 amide bonds. The first kappa shape index (κ1) is 22.5. The number of thiophene rings is 1. The van der Waals surface area contributed by atoms with Crippen LogP contribution in [0.3, 0.4) is 0 Å². The lowest BCUT2D eigenvalue weighted by Crippen LogP contribution is -2.17. The summed E-state index contributed by atoms with van der Waals surface area (Å²) in [4.78, 5) is 31.4. The number of benzene rings is 2. The summed E-state index contributed by atoms with van der Waals surface area (Å²) in [6, 6.07) is 18.4. The summed E-state index contributed by atoms with van der Waals surface area (Å²) < 4.78 is 19.2.